The van der Waals surface area contributed by atoms with E-state index in [1.54, 1.807) is 0 Å². The van der Waals surface area contributed by atoms with Crippen molar-refractivity contribution in [3.63, 3.8) is 0 Å². The van der Waals surface area contributed by atoms with Crippen LogP contribution in [0.25, 0.3) is 6.08 Å². The molecule has 0 bridgehead atoms. The maximum Gasteiger partial charge on any atom is 0.123 e. The van der Waals surface area contributed by atoms with E-state index in [4.69, 9.17) is 0 Å². The predicted octanol–water partition coefficient (Wildman–Crippen LogP) is 3.17. The van der Waals surface area contributed by atoms with Crippen molar-refractivity contribution in [2.75, 3.05) is 0 Å². The molecule has 0 spiro atoms. The summed E-state index contributed by atoms with van der Waals surface area (Å²) in [6.07, 6.45) is 5.14. The highest BCUT2D eigenvalue weighted by molar-refractivity contribution is 5.55. The van der Waals surface area contributed by atoms with Crippen molar-refractivity contribution in [1.29, 1.82) is 0 Å². The van der Waals surface area contributed by atoms with Gasteiger partial charge in [-0.05, 0) is 11.5 Å². The Kier molecular flexibility index (Phi) is 4.11. The highest BCUT2D eigenvalue weighted by atomic mass is 16.1. The molecule has 0 saturated heterocycles. The van der Waals surface area contributed by atoms with Crippen LogP contribution in [0.15, 0.2) is 36.4 Å². The van der Waals surface area contributed by atoms with E-state index in [1.807, 2.05) is 25.1 Å². The zero-order valence-corrected chi connectivity index (χ0v) is 8.68. The number of aldehydes is 1. The molecule has 74 valence electrons. The number of carbonyl (C=O) groups excluding carboxylic acids is 1. The van der Waals surface area contributed by atoms with Crippen molar-refractivity contribution in [1.82, 2.24) is 0 Å². The molecule has 1 aromatic rings. The Bertz CT molecular complexity index is 300. The molecule has 0 heterocycles. The van der Waals surface area contributed by atoms with Crippen LogP contribution in [-0.2, 0) is 4.79 Å². The Morgan fingerprint density at radius 2 is 1.71 bits per heavy atom. The summed E-state index contributed by atoms with van der Waals surface area (Å²) in [4.78, 5) is 10.5. The summed E-state index contributed by atoms with van der Waals surface area (Å²) in [7, 11) is 0. The fraction of sp³-hybridized carbons (Fsp3) is 0.308. The standard InChI is InChI=1S/C13H16O/c1-11(12(2)10-14)8-9-13-6-4-3-5-7-13/h3-12H,1-2H3/b9-8+/t11-,12-/m0/s1. The van der Waals surface area contributed by atoms with Gasteiger partial charge in [0.2, 0.25) is 0 Å². The summed E-state index contributed by atoms with van der Waals surface area (Å²) >= 11 is 0. The molecule has 0 aromatic heterocycles. The van der Waals surface area contributed by atoms with Gasteiger partial charge >= 0.3 is 0 Å². The van der Waals surface area contributed by atoms with E-state index in [0.29, 0.717) is 5.92 Å². The first-order chi connectivity index (χ1) is 6.74. The molecule has 0 fully saturated rings. The quantitative estimate of drug-likeness (QED) is 0.663. The van der Waals surface area contributed by atoms with Gasteiger partial charge in [0.1, 0.15) is 6.29 Å². The topological polar surface area (TPSA) is 17.1 Å². The fourth-order valence-corrected chi connectivity index (χ4v) is 1.13. The summed E-state index contributed by atoms with van der Waals surface area (Å²) < 4.78 is 0. The van der Waals surface area contributed by atoms with Crippen molar-refractivity contribution in [3.05, 3.63) is 42.0 Å². The Labute approximate surface area is 85.5 Å². The molecular weight excluding hydrogens is 172 g/mol. The highest BCUT2D eigenvalue weighted by Crippen LogP contribution is 2.12. The first-order valence-corrected chi connectivity index (χ1v) is 4.92. The lowest BCUT2D eigenvalue weighted by atomic mass is 9.96. The van der Waals surface area contributed by atoms with Crippen LogP contribution in [0.2, 0.25) is 0 Å². The first-order valence-electron chi connectivity index (χ1n) is 4.92. The van der Waals surface area contributed by atoms with E-state index in [0.717, 1.165) is 6.29 Å². The maximum absolute atomic E-state index is 10.5. The molecule has 1 rings (SSSR count). The number of hydrogen-bond acceptors (Lipinski definition) is 1. The van der Waals surface area contributed by atoms with Crippen LogP contribution in [0.3, 0.4) is 0 Å². The summed E-state index contributed by atoms with van der Waals surface area (Å²) in [5.74, 6) is 0.391. The molecule has 0 amide bonds. The number of hydrogen-bond donors (Lipinski definition) is 0. The van der Waals surface area contributed by atoms with Crippen molar-refractivity contribution >= 4 is 12.4 Å². The van der Waals surface area contributed by atoms with E-state index in [9.17, 15) is 4.79 Å². The van der Waals surface area contributed by atoms with Gasteiger partial charge in [-0.25, -0.2) is 0 Å². The zero-order chi connectivity index (χ0) is 10.4. The molecule has 0 aliphatic heterocycles. The van der Waals surface area contributed by atoms with Gasteiger partial charge in [-0.15, -0.1) is 0 Å². The predicted molar refractivity (Wildman–Crippen MR) is 59.9 cm³/mol. The number of rotatable bonds is 4. The zero-order valence-electron chi connectivity index (χ0n) is 8.68. The lowest BCUT2D eigenvalue weighted by molar-refractivity contribution is -0.111. The van der Waals surface area contributed by atoms with Crippen LogP contribution in [0, 0.1) is 11.8 Å². The van der Waals surface area contributed by atoms with Crippen LogP contribution in [0.4, 0.5) is 0 Å². The molecule has 2 atom stereocenters. The number of carbonyl (C=O) groups is 1. The summed E-state index contributed by atoms with van der Waals surface area (Å²) in [6, 6.07) is 10.1. The third-order valence-electron chi connectivity index (χ3n) is 2.44. The lowest BCUT2D eigenvalue weighted by Gasteiger charge is -2.08. The Morgan fingerprint density at radius 3 is 2.29 bits per heavy atom. The fourth-order valence-electron chi connectivity index (χ4n) is 1.13. The van der Waals surface area contributed by atoms with Gasteiger partial charge in [-0.3, -0.25) is 0 Å². The van der Waals surface area contributed by atoms with E-state index < -0.39 is 0 Å². The third kappa shape index (κ3) is 3.17. The molecule has 1 aromatic carbocycles. The largest absolute Gasteiger partial charge is 0.303 e. The second-order valence-electron chi connectivity index (χ2n) is 3.62. The number of allylic oxidation sites excluding steroid dienone is 1. The monoisotopic (exact) mass is 188 g/mol. The minimum Gasteiger partial charge on any atom is -0.303 e. The Morgan fingerprint density at radius 1 is 1.07 bits per heavy atom. The summed E-state index contributed by atoms with van der Waals surface area (Å²) in [6.45, 7) is 3.99. The normalized spacial score (nSPS) is 15.3. The molecule has 0 radical (unpaired) electrons. The minimum absolute atomic E-state index is 0.0926. The smallest absolute Gasteiger partial charge is 0.123 e. The average Bonchev–Trinajstić information content (AvgIpc) is 2.26. The van der Waals surface area contributed by atoms with E-state index in [-0.39, 0.29) is 5.92 Å². The molecule has 0 saturated carbocycles. The van der Waals surface area contributed by atoms with Crippen molar-refractivity contribution < 1.29 is 4.79 Å². The van der Waals surface area contributed by atoms with Gasteiger partial charge < -0.3 is 4.79 Å². The van der Waals surface area contributed by atoms with Gasteiger partial charge in [0, 0.05) is 5.92 Å². The molecule has 0 N–H and O–H groups in total. The van der Waals surface area contributed by atoms with Crippen LogP contribution in [-0.4, -0.2) is 6.29 Å². The lowest BCUT2D eigenvalue weighted by Crippen LogP contribution is -2.05. The van der Waals surface area contributed by atoms with Gasteiger partial charge in [-0.2, -0.15) is 0 Å². The summed E-state index contributed by atoms with van der Waals surface area (Å²) in [5.41, 5.74) is 1.18. The second-order valence-corrected chi connectivity index (χ2v) is 3.62. The van der Waals surface area contributed by atoms with Gasteiger partial charge in [0.25, 0.3) is 0 Å². The molecule has 14 heavy (non-hydrogen) atoms. The van der Waals surface area contributed by atoms with E-state index in [2.05, 4.69) is 31.2 Å². The molecule has 1 nitrogen and oxygen atoms in total. The van der Waals surface area contributed by atoms with Crippen LogP contribution in [0.1, 0.15) is 19.4 Å². The Balaban J connectivity index is 2.60. The van der Waals surface area contributed by atoms with Gasteiger partial charge in [0.05, 0.1) is 0 Å². The third-order valence-corrected chi connectivity index (χ3v) is 2.44. The van der Waals surface area contributed by atoms with Gasteiger partial charge in [0.15, 0.2) is 0 Å². The van der Waals surface area contributed by atoms with E-state index >= 15 is 0 Å². The van der Waals surface area contributed by atoms with E-state index in [1.165, 1.54) is 5.56 Å². The van der Waals surface area contributed by atoms with Crippen molar-refractivity contribution in [2.45, 2.75) is 13.8 Å². The molecular formula is C13H16O. The van der Waals surface area contributed by atoms with Gasteiger partial charge in [-0.1, -0.05) is 56.3 Å². The second kappa shape index (κ2) is 5.38. The first kappa shape index (κ1) is 10.7. The highest BCUT2D eigenvalue weighted by Gasteiger charge is 2.06. The van der Waals surface area contributed by atoms with Crippen LogP contribution >= 0.6 is 0 Å². The van der Waals surface area contributed by atoms with Crippen molar-refractivity contribution in [2.24, 2.45) is 11.8 Å². The maximum atomic E-state index is 10.5. The number of benzene rings is 1. The molecule has 0 aliphatic rings. The summed E-state index contributed by atoms with van der Waals surface area (Å²) in [5, 5.41) is 0. The SMILES string of the molecule is C[C@@H](C=O)[C@@H](C)/C=C/c1ccccc1. The molecule has 1 heteroatoms. The van der Waals surface area contributed by atoms with Crippen molar-refractivity contribution in [3.8, 4) is 0 Å². The molecule has 0 unspecified atom stereocenters. The van der Waals surface area contributed by atoms with Crippen LogP contribution < -0.4 is 0 Å². The Hall–Kier alpha value is -1.37. The van der Waals surface area contributed by atoms with Crippen LogP contribution in [0.5, 0.6) is 0 Å². The average molecular weight is 188 g/mol. The molecule has 0 aliphatic carbocycles. The minimum atomic E-state index is 0.0926.